The molecule has 0 unspecified atom stereocenters. The second-order valence-electron chi connectivity index (χ2n) is 3.22. The molecule has 0 spiro atoms. The average molecular weight is 188 g/mol. The van der Waals surface area contributed by atoms with Crippen molar-refractivity contribution in [2.75, 3.05) is 0 Å². The summed E-state index contributed by atoms with van der Waals surface area (Å²) in [5.74, 6) is -1.15. The van der Waals surface area contributed by atoms with Crippen LogP contribution in [0.5, 0.6) is 0 Å². The lowest BCUT2D eigenvalue weighted by molar-refractivity contribution is 0.0444. The maximum absolute atomic E-state index is 11.2. The molecule has 0 N–H and O–H groups in total. The Bertz CT molecular complexity index is 458. The Kier molecular flexibility index (Phi) is 1.74. The molecule has 1 aromatic carbocycles. The van der Waals surface area contributed by atoms with E-state index >= 15 is 0 Å². The van der Waals surface area contributed by atoms with E-state index < -0.39 is 11.9 Å². The second-order valence-corrected chi connectivity index (χ2v) is 3.22. The first-order valence-corrected chi connectivity index (χ1v) is 4.16. The summed E-state index contributed by atoms with van der Waals surface area (Å²) in [5, 5.41) is 0. The van der Waals surface area contributed by atoms with Crippen LogP contribution in [0.1, 0.15) is 33.2 Å². The smallest absolute Gasteiger partial charge is 0.346 e. The third-order valence-corrected chi connectivity index (χ3v) is 2.14. The third-order valence-electron chi connectivity index (χ3n) is 2.14. The van der Waals surface area contributed by atoms with Crippen molar-refractivity contribution in [1.29, 1.82) is 0 Å². The average Bonchev–Trinajstić information content (AvgIpc) is 2.42. The van der Waals surface area contributed by atoms with Gasteiger partial charge in [-0.2, -0.15) is 0 Å². The van der Waals surface area contributed by atoms with Crippen molar-refractivity contribution >= 4 is 17.5 Å². The van der Waals surface area contributed by atoms with Crippen LogP contribution in [0.2, 0.25) is 0 Å². The molecule has 1 aromatic rings. The Morgan fingerprint density at radius 2 is 1.86 bits per heavy atom. The van der Waals surface area contributed by atoms with E-state index in [0.29, 0.717) is 11.1 Å². The summed E-state index contributed by atoms with van der Waals surface area (Å²) in [7, 11) is 0. The molecule has 1 heterocycles. The molecule has 0 fully saturated rings. The van der Waals surface area contributed by atoms with Gasteiger partial charge in [-0.1, -0.05) is 18.2 Å². The number of hydrogen-bond acceptors (Lipinski definition) is 3. The summed E-state index contributed by atoms with van der Waals surface area (Å²) < 4.78 is 4.46. The van der Waals surface area contributed by atoms with Crippen molar-refractivity contribution in [3.8, 4) is 0 Å². The van der Waals surface area contributed by atoms with E-state index in [4.69, 9.17) is 0 Å². The molecule has 0 saturated carbocycles. The van der Waals surface area contributed by atoms with Gasteiger partial charge in [0.2, 0.25) is 0 Å². The molecule has 2 rings (SSSR count). The molecule has 0 amide bonds. The number of hydrogen-bond donors (Lipinski definition) is 0. The second kappa shape index (κ2) is 2.80. The van der Waals surface area contributed by atoms with E-state index in [0.717, 1.165) is 11.1 Å². The summed E-state index contributed by atoms with van der Waals surface area (Å²) in [4.78, 5) is 22.3. The molecule has 0 bridgehead atoms. The predicted octanol–water partition coefficient (Wildman–Crippen LogP) is 2.03. The molecule has 1 aliphatic heterocycles. The molecule has 0 atom stereocenters. The number of allylic oxidation sites excluding steroid dienone is 1. The van der Waals surface area contributed by atoms with Crippen LogP contribution in [-0.2, 0) is 4.74 Å². The summed E-state index contributed by atoms with van der Waals surface area (Å²) in [6.45, 7) is 5.60. The van der Waals surface area contributed by atoms with Gasteiger partial charge in [0.1, 0.15) is 0 Å². The van der Waals surface area contributed by atoms with E-state index in [1.807, 2.05) is 6.92 Å². The fourth-order valence-electron chi connectivity index (χ4n) is 1.35. The van der Waals surface area contributed by atoms with Gasteiger partial charge in [-0.3, -0.25) is 0 Å². The SMILES string of the molecule is C=C(C)c1ccc2c(c1)C(=O)OC2=O. The van der Waals surface area contributed by atoms with Crippen molar-refractivity contribution in [3.05, 3.63) is 41.5 Å². The highest BCUT2D eigenvalue weighted by Gasteiger charge is 2.29. The predicted molar refractivity (Wildman–Crippen MR) is 50.9 cm³/mol. The van der Waals surface area contributed by atoms with Gasteiger partial charge in [0.25, 0.3) is 0 Å². The highest BCUT2D eigenvalue weighted by Crippen LogP contribution is 2.23. The Hall–Kier alpha value is -1.90. The number of fused-ring (bicyclic) bond motifs is 1. The molecule has 70 valence electrons. The quantitative estimate of drug-likeness (QED) is 0.500. The number of carbonyl (C=O) groups is 2. The first-order valence-electron chi connectivity index (χ1n) is 4.16. The maximum atomic E-state index is 11.2. The first-order chi connectivity index (χ1) is 6.59. The van der Waals surface area contributed by atoms with Crippen LogP contribution in [0.25, 0.3) is 5.57 Å². The van der Waals surface area contributed by atoms with E-state index in [1.165, 1.54) is 0 Å². The minimum Gasteiger partial charge on any atom is -0.386 e. The van der Waals surface area contributed by atoms with Crippen LogP contribution in [0.15, 0.2) is 24.8 Å². The van der Waals surface area contributed by atoms with Gasteiger partial charge in [-0.25, -0.2) is 9.59 Å². The lowest BCUT2D eigenvalue weighted by atomic mass is 10.0. The summed E-state index contributed by atoms with van der Waals surface area (Å²) in [6, 6.07) is 4.97. The molecule has 0 aromatic heterocycles. The Labute approximate surface area is 81.0 Å². The maximum Gasteiger partial charge on any atom is 0.346 e. The topological polar surface area (TPSA) is 43.4 Å². The van der Waals surface area contributed by atoms with Gasteiger partial charge in [0.15, 0.2) is 0 Å². The van der Waals surface area contributed by atoms with Gasteiger partial charge in [-0.15, -0.1) is 0 Å². The van der Waals surface area contributed by atoms with Gasteiger partial charge in [0, 0.05) is 0 Å². The summed E-state index contributed by atoms with van der Waals surface area (Å²) >= 11 is 0. The molecule has 3 heteroatoms. The first kappa shape index (κ1) is 8.69. The summed E-state index contributed by atoms with van der Waals surface area (Å²) in [6.07, 6.45) is 0. The van der Waals surface area contributed by atoms with Gasteiger partial charge in [-0.05, 0) is 24.6 Å². The fraction of sp³-hybridized carbons (Fsp3) is 0.0909. The monoisotopic (exact) mass is 188 g/mol. The number of ether oxygens (including phenoxy) is 1. The Balaban J connectivity index is 2.61. The van der Waals surface area contributed by atoms with Gasteiger partial charge >= 0.3 is 11.9 Å². The zero-order valence-corrected chi connectivity index (χ0v) is 7.66. The number of cyclic esters (lactones) is 2. The van der Waals surface area contributed by atoms with E-state index in [2.05, 4.69) is 11.3 Å². The summed E-state index contributed by atoms with van der Waals surface area (Å²) in [5.41, 5.74) is 2.35. The number of benzene rings is 1. The largest absolute Gasteiger partial charge is 0.386 e. The molecule has 0 radical (unpaired) electrons. The van der Waals surface area contributed by atoms with Crippen LogP contribution in [0, 0.1) is 0 Å². The Morgan fingerprint density at radius 3 is 2.50 bits per heavy atom. The van der Waals surface area contributed by atoms with Crippen LogP contribution in [0.4, 0.5) is 0 Å². The van der Waals surface area contributed by atoms with Crippen molar-refractivity contribution in [1.82, 2.24) is 0 Å². The zero-order chi connectivity index (χ0) is 10.3. The van der Waals surface area contributed by atoms with Gasteiger partial charge in [0.05, 0.1) is 11.1 Å². The molecule has 14 heavy (non-hydrogen) atoms. The molecule has 0 saturated heterocycles. The van der Waals surface area contributed by atoms with Crippen molar-refractivity contribution in [2.45, 2.75) is 6.92 Å². The van der Waals surface area contributed by atoms with Crippen LogP contribution < -0.4 is 0 Å². The highest BCUT2D eigenvalue weighted by atomic mass is 16.6. The minimum absolute atomic E-state index is 0.329. The third kappa shape index (κ3) is 1.14. The molecular weight excluding hydrogens is 180 g/mol. The van der Waals surface area contributed by atoms with Gasteiger partial charge < -0.3 is 4.74 Å². The standard InChI is InChI=1S/C11H8O3/c1-6(2)7-3-4-8-9(5-7)11(13)14-10(8)12/h3-5H,1H2,2H3. The fourth-order valence-corrected chi connectivity index (χ4v) is 1.35. The molecule has 0 aliphatic carbocycles. The lowest BCUT2D eigenvalue weighted by Crippen LogP contribution is -1.96. The van der Waals surface area contributed by atoms with Crippen LogP contribution in [-0.4, -0.2) is 11.9 Å². The van der Waals surface area contributed by atoms with Crippen molar-refractivity contribution in [2.24, 2.45) is 0 Å². The minimum atomic E-state index is -0.576. The van der Waals surface area contributed by atoms with Crippen molar-refractivity contribution < 1.29 is 14.3 Å². The normalized spacial score (nSPS) is 13.8. The highest BCUT2D eigenvalue weighted by molar-refractivity contribution is 6.15. The lowest BCUT2D eigenvalue weighted by Gasteiger charge is -1.99. The molecule has 3 nitrogen and oxygen atoms in total. The van der Waals surface area contributed by atoms with Crippen LogP contribution >= 0.6 is 0 Å². The van der Waals surface area contributed by atoms with E-state index in [-0.39, 0.29) is 0 Å². The van der Waals surface area contributed by atoms with Crippen LogP contribution in [0.3, 0.4) is 0 Å². The van der Waals surface area contributed by atoms with E-state index in [1.54, 1.807) is 18.2 Å². The number of esters is 2. The van der Waals surface area contributed by atoms with E-state index in [9.17, 15) is 9.59 Å². The molecular formula is C11H8O3. The Morgan fingerprint density at radius 1 is 1.21 bits per heavy atom. The number of carbonyl (C=O) groups excluding carboxylic acids is 2. The number of rotatable bonds is 1. The molecule has 1 aliphatic rings. The zero-order valence-electron chi connectivity index (χ0n) is 7.66. The van der Waals surface area contributed by atoms with Crippen molar-refractivity contribution in [3.63, 3.8) is 0 Å².